The minimum absolute atomic E-state index is 0.304. The van der Waals surface area contributed by atoms with Crippen molar-refractivity contribution in [2.45, 2.75) is 32.5 Å². The topological polar surface area (TPSA) is 32.3 Å². The summed E-state index contributed by atoms with van der Waals surface area (Å²) in [4.78, 5) is 13.5. The number of hydrogen-bond acceptors (Lipinski definition) is 2. The monoisotopic (exact) mass is 216 g/mol. The number of carbonyl (C=O) groups is 1. The maximum absolute atomic E-state index is 11.5. The molecule has 3 nitrogen and oxygen atoms in total. The van der Waals surface area contributed by atoms with Gasteiger partial charge in [0.1, 0.15) is 0 Å². The summed E-state index contributed by atoms with van der Waals surface area (Å²) < 4.78 is 0. The van der Waals surface area contributed by atoms with Crippen molar-refractivity contribution < 1.29 is 4.79 Å². The third kappa shape index (κ3) is 1.71. The molecule has 3 rings (SSSR count). The SMILES string of the molecule is O=C1CCCN1Cc1ccc2c(c1)CNC2. The van der Waals surface area contributed by atoms with Crippen LogP contribution >= 0.6 is 0 Å². The molecule has 1 aromatic carbocycles. The molecule has 2 aliphatic rings. The molecule has 0 spiro atoms. The summed E-state index contributed by atoms with van der Waals surface area (Å²) in [5.74, 6) is 0.304. The second-order valence-electron chi connectivity index (χ2n) is 4.63. The highest BCUT2D eigenvalue weighted by Crippen LogP contribution is 2.20. The van der Waals surface area contributed by atoms with Gasteiger partial charge in [0, 0.05) is 32.6 Å². The van der Waals surface area contributed by atoms with Gasteiger partial charge in [-0.3, -0.25) is 4.79 Å². The van der Waals surface area contributed by atoms with Gasteiger partial charge in [-0.15, -0.1) is 0 Å². The lowest BCUT2D eigenvalue weighted by Gasteiger charge is -2.16. The van der Waals surface area contributed by atoms with E-state index in [4.69, 9.17) is 0 Å². The molecule has 1 saturated heterocycles. The van der Waals surface area contributed by atoms with Crippen LogP contribution in [0.3, 0.4) is 0 Å². The highest BCUT2D eigenvalue weighted by atomic mass is 16.2. The maximum Gasteiger partial charge on any atom is 0.222 e. The van der Waals surface area contributed by atoms with Gasteiger partial charge in [-0.25, -0.2) is 0 Å². The van der Waals surface area contributed by atoms with Crippen molar-refractivity contribution in [1.29, 1.82) is 0 Å². The molecule has 3 heteroatoms. The molecule has 0 aromatic heterocycles. The fourth-order valence-electron chi connectivity index (χ4n) is 2.54. The van der Waals surface area contributed by atoms with Crippen molar-refractivity contribution >= 4 is 5.91 Å². The lowest BCUT2D eigenvalue weighted by Crippen LogP contribution is -2.23. The predicted molar refractivity (Wildman–Crippen MR) is 61.6 cm³/mol. The summed E-state index contributed by atoms with van der Waals surface area (Å²) in [5, 5.41) is 3.34. The third-order valence-corrected chi connectivity index (χ3v) is 3.45. The lowest BCUT2D eigenvalue weighted by molar-refractivity contribution is -0.128. The van der Waals surface area contributed by atoms with Crippen LogP contribution in [0.15, 0.2) is 18.2 Å². The average molecular weight is 216 g/mol. The molecule has 0 bridgehead atoms. The standard InChI is InChI=1S/C13H16N2O/c16-13-2-1-5-15(13)9-10-3-4-11-7-14-8-12(11)6-10/h3-4,6,14H,1-2,5,7-9H2. The zero-order valence-electron chi connectivity index (χ0n) is 9.33. The Morgan fingerprint density at radius 3 is 2.94 bits per heavy atom. The summed E-state index contributed by atoms with van der Waals surface area (Å²) in [7, 11) is 0. The van der Waals surface area contributed by atoms with Gasteiger partial charge in [-0.2, -0.15) is 0 Å². The number of rotatable bonds is 2. The molecule has 1 N–H and O–H groups in total. The number of carbonyl (C=O) groups excluding carboxylic acids is 1. The van der Waals surface area contributed by atoms with E-state index in [2.05, 4.69) is 23.5 Å². The third-order valence-electron chi connectivity index (χ3n) is 3.45. The quantitative estimate of drug-likeness (QED) is 0.810. The normalized spacial score (nSPS) is 19.2. The van der Waals surface area contributed by atoms with Gasteiger partial charge in [0.15, 0.2) is 0 Å². The number of nitrogens with one attached hydrogen (secondary N) is 1. The van der Waals surface area contributed by atoms with E-state index in [1.54, 1.807) is 0 Å². The van der Waals surface area contributed by atoms with Gasteiger partial charge >= 0.3 is 0 Å². The second kappa shape index (κ2) is 3.91. The van der Waals surface area contributed by atoms with Gasteiger partial charge in [0.05, 0.1) is 0 Å². The first-order chi connectivity index (χ1) is 7.83. The number of fused-ring (bicyclic) bond motifs is 1. The highest BCUT2D eigenvalue weighted by Gasteiger charge is 2.20. The zero-order chi connectivity index (χ0) is 11.0. The largest absolute Gasteiger partial charge is 0.338 e. The van der Waals surface area contributed by atoms with Crippen molar-refractivity contribution in [1.82, 2.24) is 10.2 Å². The Hall–Kier alpha value is -1.35. The number of benzene rings is 1. The van der Waals surface area contributed by atoms with Crippen molar-refractivity contribution in [2.24, 2.45) is 0 Å². The van der Waals surface area contributed by atoms with E-state index in [-0.39, 0.29) is 0 Å². The van der Waals surface area contributed by atoms with E-state index in [0.717, 1.165) is 39.0 Å². The molecule has 0 unspecified atom stereocenters. The summed E-state index contributed by atoms with van der Waals surface area (Å²) in [6.45, 7) is 3.66. The fourth-order valence-corrected chi connectivity index (χ4v) is 2.54. The second-order valence-corrected chi connectivity index (χ2v) is 4.63. The van der Waals surface area contributed by atoms with E-state index in [1.807, 2.05) is 4.90 Å². The summed E-state index contributed by atoms with van der Waals surface area (Å²) in [6, 6.07) is 6.57. The van der Waals surface area contributed by atoms with E-state index < -0.39 is 0 Å². The van der Waals surface area contributed by atoms with Crippen LogP contribution in [0.5, 0.6) is 0 Å². The Balaban J connectivity index is 1.77. The van der Waals surface area contributed by atoms with Gasteiger partial charge in [0.2, 0.25) is 5.91 Å². The molecule has 1 amide bonds. The van der Waals surface area contributed by atoms with Crippen LogP contribution in [0.1, 0.15) is 29.5 Å². The number of likely N-dealkylation sites (tertiary alicyclic amines) is 1. The minimum Gasteiger partial charge on any atom is -0.338 e. The Morgan fingerprint density at radius 1 is 1.25 bits per heavy atom. The van der Waals surface area contributed by atoms with E-state index in [9.17, 15) is 4.79 Å². The predicted octanol–water partition coefficient (Wildman–Crippen LogP) is 1.41. The zero-order valence-corrected chi connectivity index (χ0v) is 9.33. The molecule has 1 aromatic rings. The molecular weight excluding hydrogens is 200 g/mol. The fraction of sp³-hybridized carbons (Fsp3) is 0.462. The van der Waals surface area contributed by atoms with Crippen LogP contribution in [0.4, 0.5) is 0 Å². The molecule has 1 fully saturated rings. The molecule has 2 heterocycles. The van der Waals surface area contributed by atoms with Crippen LogP contribution in [0.2, 0.25) is 0 Å². The lowest BCUT2D eigenvalue weighted by atomic mass is 10.1. The molecule has 0 atom stereocenters. The van der Waals surface area contributed by atoms with Crippen molar-refractivity contribution in [3.05, 3.63) is 34.9 Å². The van der Waals surface area contributed by atoms with E-state index in [1.165, 1.54) is 16.7 Å². The molecule has 0 radical (unpaired) electrons. The van der Waals surface area contributed by atoms with Crippen molar-refractivity contribution in [2.75, 3.05) is 6.54 Å². The van der Waals surface area contributed by atoms with Gasteiger partial charge in [-0.05, 0) is 23.1 Å². The molecule has 84 valence electrons. The molecule has 0 aliphatic carbocycles. The first-order valence-corrected chi connectivity index (χ1v) is 5.92. The Bertz CT molecular complexity index is 428. The summed E-state index contributed by atoms with van der Waals surface area (Å²) >= 11 is 0. The Morgan fingerprint density at radius 2 is 2.12 bits per heavy atom. The Labute approximate surface area is 95.4 Å². The van der Waals surface area contributed by atoms with Crippen LogP contribution in [0.25, 0.3) is 0 Å². The summed E-state index contributed by atoms with van der Waals surface area (Å²) in [5.41, 5.74) is 4.05. The highest BCUT2D eigenvalue weighted by molar-refractivity contribution is 5.78. The smallest absolute Gasteiger partial charge is 0.222 e. The van der Waals surface area contributed by atoms with Crippen LogP contribution < -0.4 is 5.32 Å². The van der Waals surface area contributed by atoms with Crippen LogP contribution in [0, 0.1) is 0 Å². The molecule has 2 aliphatic heterocycles. The van der Waals surface area contributed by atoms with Gasteiger partial charge in [0.25, 0.3) is 0 Å². The van der Waals surface area contributed by atoms with Gasteiger partial charge < -0.3 is 10.2 Å². The van der Waals surface area contributed by atoms with Crippen molar-refractivity contribution in [3.8, 4) is 0 Å². The Kier molecular flexibility index (Phi) is 2.40. The van der Waals surface area contributed by atoms with Crippen LogP contribution in [-0.2, 0) is 24.4 Å². The number of hydrogen-bond donors (Lipinski definition) is 1. The minimum atomic E-state index is 0.304. The van der Waals surface area contributed by atoms with Crippen molar-refractivity contribution in [3.63, 3.8) is 0 Å². The number of amides is 1. The molecule has 0 saturated carbocycles. The molecule has 16 heavy (non-hydrogen) atoms. The first kappa shape index (κ1) is 9.85. The molecular formula is C13H16N2O. The van der Waals surface area contributed by atoms with Gasteiger partial charge in [-0.1, -0.05) is 18.2 Å². The average Bonchev–Trinajstić information content (AvgIpc) is 2.88. The van der Waals surface area contributed by atoms with E-state index in [0.29, 0.717) is 5.91 Å². The van der Waals surface area contributed by atoms with Crippen LogP contribution in [-0.4, -0.2) is 17.4 Å². The maximum atomic E-state index is 11.5. The first-order valence-electron chi connectivity index (χ1n) is 5.92. The summed E-state index contributed by atoms with van der Waals surface area (Å²) in [6.07, 6.45) is 1.75. The number of nitrogens with zero attached hydrogens (tertiary/aromatic N) is 1. The van der Waals surface area contributed by atoms with E-state index >= 15 is 0 Å².